The molecule has 1 heterocycles. The molecule has 1 aromatic rings. The molecule has 0 aliphatic heterocycles. The summed E-state index contributed by atoms with van der Waals surface area (Å²) in [7, 11) is 0. The van der Waals surface area contributed by atoms with Gasteiger partial charge in [-0.15, -0.1) is 0 Å². The molecule has 48 valence electrons. The Morgan fingerprint density at radius 1 is 1.67 bits per heavy atom. The Bertz CT molecular complexity index is 205. The summed E-state index contributed by atoms with van der Waals surface area (Å²) < 4.78 is 4.85. The van der Waals surface area contributed by atoms with E-state index in [1.54, 1.807) is 12.5 Å². The number of anilines is 1. The second-order valence-electron chi connectivity index (χ2n) is 1.74. The largest absolute Gasteiger partial charge is 0.470 e. The Morgan fingerprint density at radius 3 is 2.89 bits per heavy atom. The normalized spacial score (nSPS) is 9.00. The van der Waals surface area contributed by atoms with Crippen LogP contribution >= 0.6 is 0 Å². The number of nitrogens with zero attached hydrogens (tertiary/aromatic N) is 1. The van der Waals surface area contributed by atoms with Crippen LogP contribution in [0.3, 0.4) is 0 Å². The first-order valence-electron chi connectivity index (χ1n) is 2.59. The molecule has 0 unspecified atom stereocenters. The maximum Gasteiger partial charge on any atom is 0.116 e. The van der Waals surface area contributed by atoms with E-state index in [1.807, 2.05) is 6.92 Å². The van der Waals surface area contributed by atoms with E-state index in [9.17, 15) is 0 Å². The SMILES string of the molecule is C=NNc1cocc1C. The molecular formula is C6H8N2O. The summed E-state index contributed by atoms with van der Waals surface area (Å²) >= 11 is 0. The first-order valence-corrected chi connectivity index (χ1v) is 2.59. The molecule has 0 radical (unpaired) electrons. The van der Waals surface area contributed by atoms with Crippen LogP contribution in [0.15, 0.2) is 22.0 Å². The smallest absolute Gasteiger partial charge is 0.116 e. The molecule has 1 rings (SSSR count). The van der Waals surface area contributed by atoms with Crippen molar-refractivity contribution < 1.29 is 4.42 Å². The highest BCUT2D eigenvalue weighted by molar-refractivity contribution is 5.47. The summed E-state index contributed by atoms with van der Waals surface area (Å²) in [5, 5.41) is 3.48. The van der Waals surface area contributed by atoms with Gasteiger partial charge in [0, 0.05) is 12.3 Å². The third kappa shape index (κ3) is 1.10. The Balaban J connectivity index is 2.80. The molecule has 0 aromatic carbocycles. The summed E-state index contributed by atoms with van der Waals surface area (Å²) in [6.45, 7) is 5.20. The highest BCUT2D eigenvalue weighted by Gasteiger charge is 1.95. The van der Waals surface area contributed by atoms with E-state index in [4.69, 9.17) is 4.42 Å². The van der Waals surface area contributed by atoms with E-state index in [1.165, 1.54) is 0 Å². The zero-order chi connectivity index (χ0) is 6.69. The maximum absolute atomic E-state index is 4.85. The third-order valence-electron chi connectivity index (χ3n) is 1.06. The van der Waals surface area contributed by atoms with Crippen molar-refractivity contribution in [2.75, 3.05) is 5.43 Å². The Morgan fingerprint density at radius 2 is 2.44 bits per heavy atom. The first kappa shape index (κ1) is 5.88. The van der Waals surface area contributed by atoms with Crippen LogP contribution in [-0.2, 0) is 0 Å². The van der Waals surface area contributed by atoms with Crippen molar-refractivity contribution in [3.8, 4) is 0 Å². The van der Waals surface area contributed by atoms with Crippen molar-refractivity contribution in [3.05, 3.63) is 18.1 Å². The van der Waals surface area contributed by atoms with E-state index in [2.05, 4.69) is 17.2 Å². The molecule has 0 amide bonds. The second kappa shape index (κ2) is 2.35. The minimum absolute atomic E-state index is 0.866. The molecule has 0 fully saturated rings. The van der Waals surface area contributed by atoms with Gasteiger partial charge in [0.05, 0.1) is 12.0 Å². The van der Waals surface area contributed by atoms with Crippen molar-refractivity contribution in [2.24, 2.45) is 5.10 Å². The van der Waals surface area contributed by atoms with E-state index in [0.717, 1.165) is 11.3 Å². The predicted molar refractivity (Wildman–Crippen MR) is 36.6 cm³/mol. The van der Waals surface area contributed by atoms with Crippen LogP contribution in [0.25, 0.3) is 0 Å². The summed E-state index contributed by atoms with van der Waals surface area (Å²) in [5.74, 6) is 0. The third-order valence-corrected chi connectivity index (χ3v) is 1.06. The summed E-state index contributed by atoms with van der Waals surface area (Å²) in [5.41, 5.74) is 4.57. The quantitative estimate of drug-likeness (QED) is 0.480. The van der Waals surface area contributed by atoms with E-state index < -0.39 is 0 Å². The van der Waals surface area contributed by atoms with Crippen LogP contribution < -0.4 is 5.43 Å². The van der Waals surface area contributed by atoms with Gasteiger partial charge in [0.15, 0.2) is 0 Å². The van der Waals surface area contributed by atoms with Gasteiger partial charge >= 0.3 is 0 Å². The van der Waals surface area contributed by atoms with E-state index in [0.29, 0.717) is 0 Å². The van der Waals surface area contributed by atoms with Gasteiger partial charge in [-0.2, -0.15) is 5.10 Å². The van der Waals surface area contributed by atoms with Crippen molar-refractivity contribution >= 4 is 12.4 Å². The minimum atomic E-state index is 0.866. The molecule has 3 heteroatoms. The van der Waals surface area contributed by atoms with Crippen LogP contribution in [0.1, 0.15) is 5.56 Å². The molecule has 9 heavy (non-hydrogen) atoms. The van der Waals surface area contributed by atoms with Gasteiger partial charge in [0.2, 0.25) is 0 Å². The van der Waals surface area contributed by atoms with E-state index in [-0.39, 0.29) is 0 Å². The van der Waals surface area contributed by atoms with Gasteiger partial charge in [0.25, 0.3) is 0 Å². The molecule has 0 aliphatic carbocycles. The molecular weight excluding hydrogens is 116 g/mol. The Kier molecular flexibility index (Phi) is 1.53. The van der Waals surface area contributed by atoms with Crippen LogP contribution in [0.2, 0.25) is 0 Å². The number of hydrogen-bond acceptors (Lipinski definition) is 3. The molecule has 0 aliphatic rings. The molecule has 3 nitrogen and oxygen atoms in total. The lowest BCUT2D eigenvalue weighted by molar-refractivity contribution is 0.566. The number of furan rings is 1. The van der Waals surface area contributed by atoms with Crippen LogP contribution in [0, 0.1) is 6.92 Å². The minimum Gasteiger partial charge on any atom is -0.470 e. The molecule has 0 saturated carbocycles. The van der Waals surface area contributed by atoms with Gasteiger partial charge in [-0.1, -0.05) is 0 Å². The second-order valence-corrected chi connectivity index (χ2v) is 1.74. The maximum atomic E-state index is 4.85. The topological polar surface area (TPSA) is 37.5 Å². The van der Waals surface area contributed by atoms with Gasteiger partial charge in [-0.05, 0) is 6.92 Å². The number of hydrogen-bond donors (Lipinski definition) is 1. The number of nitrogens with one attached hydrogen (secondary N) is 1. The van der Waals surface area contributed by atoms with Crippen molar-refractivity contribution in [1.29, 1.82) is 0 Å². The highest BCUT2D eigenvalue weighted by atomic mass is 16.3. The zero-order valence-corrected chi connectivity index (χ0v) is 5.22. The Hall–Kier alpha value is -1.25. The van der Waals surface area contributed by atoms with Gasteiger partial charge in [-0.3, -0.25) is 5.43 Å². The van der Waals surface area contributed by atoms with Crippen LogP contribution in [0.5, 0.6) is 0 Å². The van der Waals surface area contributed by atoms with Crippen LogP contribution in [-0.4, -0.2) is 6.72 Å². The molecule has 0 atom stereocenters. The summed E-state index contributed by atoms with van der Waals surface area (Å²) in [6.07, 6.45) is 3.23. The molecule has 0 bridgehead atoms. The van der Waals surface area contributed by atoms with Gasteiger partial charge in [-0.25, -0.2) is 0 Å². The number of hydrazone groups is 1. The molecule has 0 saturated heterocycles. The lowest BCUT2D eigenvalue weighted by Crippen LogP contribution is -1.84. The predicted octanol–water partition coefficient (Wildman–Crippen LogP) is 1.62. The average Bonchev–Trinajstić information content (AvgIpc) is 2.18. The Labute approximate surface area is 53.4 Å². The van der Waals surface area contributed by atoms with Gasteiger partial charge < -0.3 is 4.42 Å². The molecule has 1 N–H and O–H groups in total. The van der Waals surface area contributed by atoms with Crippen molar-refractivity contribution in [2.45, 2.75) is 6.92 Å². The zero-order valence-electron chi connectivity index (χ0n) is 5.22. The fourth-order valence-corrected chi connectivity index (χ4v) is 0.560. The first-order chi connectivity index (χ1) is 4.34. The summed E-state index contributed by atoms with van der Waals surface area (Å²) in [4.78, 5) is 0. The van der Waals surface area contributed by atoms with Crippen molar-refractivity contribution in [3.63, 3.8) is 0 Å². The van der Waals surface area contributed by atoms with Gasteiger partial charge in [0.1, 0.15) is 6.26 Å². The fourth-order valence-electron chi connectivity index (χ4n) is 0.560. The summed E-state index contributed by atoms with van der Waals surface area (Å²) in [6, 6.07) is 0. The lowest BCUT2D eigenvalue weighted by atomic mass is 10.3. The number of aryl methyl sites for hydroxylation is 1. The number of rotatable bonds is 2. The lowest BCUT2D eigenvalue weighted by Gasteiger charge is -1.91. The average molecular weight is 124 g/mol. The molecule has 1 aromatic heterocycles. The fraction of sp³-hybridized carbons (Fsp3) is 0.167. The monoisotopic (exact) mass is 124 g/mol. The van der Waals surface area contributed by atoms with Crippen LogP contribution in [0.4, 0.5) is 5.69 Å². The highest BCUT2D eigenvalue weighted by Crippen LogP contribution is 2.13. The standard InChI is InChI=1S/C6H8N2O/c1-5-3-9-4-6(5)8-7-2/h3-4,8H,2H2,1H3. The van der Waals surface area contributed by atoms with Crippen molar-refractivity contribution in [1.82, 2.24) is 0 Å². The molecule has 0 spiro atoms. The van der Waals surface area contributed by atoms with E-state index >= 15 is 0 Å².